The Hall–Kier alpha value is -1.69. The van der Waals surface area contributed by atoms with Crippen LogP contribution < -0.4 is 10.9 Å². The van der Waals surface area contributed by atoms with Crippen LogP contribution in [-0.4, -0.2) is 21.1 Å². The van der Waals surface area contributed by atoms with E-state index < -0.39 is 0 Å². The van der Waals surface area contributed by atoms with Crippen LogP contribution >= 0.6 is 11.3 Å². The van der Waals surface area contributed by atoms with Crippen molar-refractivity contribution in [2.24, 2.45) is 5.92 Å². The minimum absolute atomic E-state index is 0.0607. The predicted molar refractivity (Wildman–Crippen MR) is 77.6 cm³/mol. The second-order valence-corrected chi connectivity index (χ2v) is 5.50. The van der Waals surface area contributed by atoms with Crippen LogP contribution in [0.15, 0.2) is 28.1 Å². The molecule has 0 amide bonds. The van der Waals surface area contributed by atoms with Crippen LogP contribution in [0.5, 0.6) is 0 Å². The van der Waals surface area contributed by atoms with Gasteiger partial charge in [-0.05, 0) is 5.92 Å². The summed E-state index contributed by atoms with van der Waals surface area (Å²) >= 11 is 1.58. The number of rotatable bonds is 6. The maximum Gasteiger partial charge on any atom is 0.293 e. The molecule has 2 heterocycles. The average Bonchev–Trinajstić information content (AvgIpc) is 2.86. The van der Waals surface area contributed by atoms with Crippen molar-refractivity contribution < 1.29 is 0 Å². The van der Waals surface area contributed by atoms with Gasteiger partial charge in [0.05, 0.1) is 11.2 Å². The lowest BCUT2D eigenvalue weighted by atomic mass is 10.2. The third-order valence-corrected chi connectivity index (χ3v) is 3.27. The first-order chi connectivity index (χ1) is 9.16. The fourth-order valence-electron chi connectivity index (χ4n) is 1.78. The molecule has 0 unspecified atom stereocenters. The van der Waals surface area contributed by atoms with Gasteiger partial charge in [0.15, 0.2) is 5.82 Å². The smallest absolute Gasteiger partial charge is 0.293 e. The van der Waals surface area contributed by atoms with Crippen LogP contribution in [0.1, 0.15) is 19.5 Å². The molecular weight excluding hydrogens is 260 g/mol. The van der Waals surface area contributed by atoms with Gasteiger partial charge in [-0.25, -0.2) is 9.97 Å². The summed E-state index contributed by atoms with van der Waals surface area (Å²) in [6, 6.07) is 0. The average molecular weight is 278 g/mol. The highest BCUT2D eigenvalue weighted by atomic mass is 32.1. The van der Waals surface area contributed by atoms with Gasteiger partial charge in [0.2, 0.25) is 0 Å². The summed E-state index contributed by atoms with van der Waals surface area (Å²) < 4.78 is 1.70. The van der Waals surface area contributed by atoms with E-state index in [2.05, 4.69) is 29.1 Å². The molecule has 1 N–H and O–H groups in total. The SMILES string of the molecule is CC(C)Cn1ccnc(NCCc2cscn2)c1=O. The van der Waals surface area contributed by atoms with Gasteiger partial charge >= 0.3 is 0 Å². The molecule has 0 bridgehead atoms. The summed E-state index contributed by atoms with van der Waals surface area (Å²) in [6.07, 6.45) is 4.19. The van der Waals surface area contributed by atoms with Gasteiger partial charge in [-0.3, -0.25) is 4.79 Å². The first-order valence-electron chi connectivity index (χ1n) is 6.33. The molecule has 0 fully saturated rings. The van der Waals surface area contributed by atoms with Crippen molar-refractivity contribution in [2.45, 2.75) is 26.8 Å². The predicted octanol–water partition coefficient (Wildman–Crippen LogP) is 2.01. The zero-order valence-corrected chi connectivity index (χ0v) is 12.0. The number of nitrogens with one attached hydrogen (secondary N) is 1. The number of nitrogens with zero attached hydrogens (tertiary/aromatic N) is 3. The van der Waals surface area contributed by atoms with Crippen molar-refractivity contribution in [3.63, 3.8) is 0 Å². The number of hydrogen-bond acceptors (Lipinski definition) is 5. The summed E-state index contributed by atoms with van der Waals surface area (Å²) in [6.45, 7) is 5.55. The highest BCUT2D eigenvalue weighted by Gasteiger charge is 2.05. The van der Waals surface area contributed by atoms with Crippen LogP contribution in [0.25, 0.3) is 0 Å². The standard InChI is InChI=1S/C13H18N4OS/c1-10(2)7-17-6-5-15-12(13(17)18)14-4-3-11-8-19-9-16-11/h5-6,8-10H,3-4,7H2,1-2H3,(H,14,15). The van der Waals surface area contributed by atoms with Crippen molar-refractivity contribution in [3.8, 4) is 0 Å². The van der Waals surface area contributed by atoms with Gasteiger partial charge in [0.1, 0.15) is 0 Å². The first kappa shape index (κ1) is 13.7. The molecule has 0 spiro atoms. The van der Waals surface area contributed by atoms with Crippen molar-refractivity contribution >= 4 is 17.2 Å². The fraction of sp³-hybridized carbons (Fsp3) is 0.462. The Morgan fingerprint density at radius 3 is 2.95 bits per heavy atom. The van der Waals surface area contributed by atoms with Crippen LogP contribution in [0.3, 0.4) is 0 Å². The van der Waals surface area contributed by atoms with E-state index in [1.54, 1.807) is 28.3 Å². The van der Waals surface area contributed by atoms with Gasteiger partial charge in [0, 0.05) is 37.3 Å². The lowest BCUT2D eigenvalue weighted by molar-refractivity contribution is 0.509. The summed E-state index contributed by atoms with van der Waals surface area (Å²) in [7, 11) is 0. The Balaban J connectivity index is 1.98. The van der Waals surface area contributed by atoms with Crippen molar-refractivity contribution in [2.75, 3.05) is 11.9 Å². The van der Waals surface area contributed by atoms with E-state index >= 15 is 0 Å². The van der Waals surface area contributed by atoms with E-state index in [0.717, 1.165) is 12.1 Å². The quantitative estimate of drug-likeness (QED) is 0.878. The third kappa shape index (κ3) is 3.89. The minimum Gasteiger partial charge on any atom is -0.365 e. The third-order valence-electron chi connectivity index (χ3n) is 2.63. The highest BCUT2D eigenvalue weighted by molar-refractivity contribution is 7.07. The number of thiazole rings is 1. The van der Waals surface area contributed by atoms with Crippen molar-refractivity contribution in [1.82, 2.24) is 14.5 Å². The van der Waals surface area contributed by atoms with Crippen molar-refractivity contribution in [1.29, 1.82) is 0 Å². The fourth-order valence-corrected chi connectivity index (χ4v) is 2.37. The number of hydrogen-bond donors (Lipinski definition) is 1. The molecule has 0 aliphatic rings. The molecule has 102 valence electrons. The first-order valence-corrected chi connectivity index (χ1v) is 7.27. The van der Waals surface area contributed by atoms with E-state index in [1.807, 2.05) is 10.9 Å². The maximum atomic E-state index is 12.1. The van der Waals surface area contributed by atoms with Gasteiger partial charge in [0.25, 0.3) is 5.56 Å². The Morgan fingerprint density at radius 1 is 1.42 bits per heavy atom. The van der Waals surface area contributed by atoms with Crippen LogP contribution in [0.4, 0.5) is 5.82 Å². The van der Waals surface area contributed by atoms with Crippen LogP contribution in [0, 0.1) is 5.92 Å². The molecule has 0 atom stereocenters. The zero-order chi connectivity index (χ0) is 13.7. The molecule has 6 heteroatoms. The Bertz CT molecular complexity index is 562. The summed E-state index contributed by atoms with van der Waals surface area (Å²) in [4.78, 5) is 20.4. The molecule has 19 heavy (non-hydrogen) atoms. The van der Waals surface area contributed by atoms with Gasteiger partial charge in [-0.15, -0.1) is 11.3 Å². The van der Waals surface area contributed by atoms with Crippen LogP contribution in [0.2, 0.25) is 0 Å². The molecule has 0 saturated carbocycles. The van der Waals surface area contributed by atoms with Gasteiger partial charge in [-0.1, -0.05) is 13.8 Å². The number of anilines is 1. The van der Waals surface area contributed by atoms with Crippen LogP contribution in [-0.2, 0) is 13.0 Å². The molecule has 2 rings (SSSR count). The van der Waals surface area contributed by atoms with E-state index in [0.29, 0.717) is 24.8 Å². The summed E-state index contributed by atoms with van der Waals surface area (Å²) in [5.41, 5.74) is 2.79. The Labute approximate surface area is 116 Å². The van der Waals surface area contributed by atoms with E-state index in [-0.39, 0.29) is 5.56 Å². The number of aromatic nitrogens is 3. The molecule has 0 saturated heterocycles. The second kappa shape index (κ2) is 6.47. The monoisotopic (exact) mass is 278 g/mol. The zero-order valence-electron chi connectivity index (χ0n) is 11.2. The van der Waals surface area contributed by atoms with Gasteiger partial charge < -0.3 is 9.88 Å². The lowest BCUT2D eigenvalue weighted by Gasteiger charge is -2.10. The van der Waals surface area contributed by atoms with Gasteiger partial charge in [-0.2, -0.15) is 0 Å². The van der Waals surface area contributed by atoms with E-state index in [4.69, 9.17) is 0 Å². The Kier molecular flexibility index (Phi) is 4.68. The van der Waals surface area contributed by atoms with E-state index in [1.165, 1.54) is 0 Å². The molecule has 0 aliphatic heterocycles. The van der Waals surface area contributed by atoms with Crippen molar-refractivity contribution in [3.05, 3.63) is 39.3 Å². The molecule has 2 aromatic rings. The molecule has 0 aromatic carbocycles. The Morgan fingerprint density at radius 2 is 2.26 bits per heavy atom. The molecule has 2 aromatic heterocycles. The largest absolute Gasteiger partial charge is 0.365 e. The molecule has 0 aliphatic carbocycles. The molecular formula is C13H18N4OS. The molecule has 0 radical (unpaired) electrons. The minimum atomic E-state index is -0.0607. The summed E-state index contributed by atoms with van der Waals surface area (Å²) in [5.74, 6) is 0.848. The maximum absolute atomic E-state index is 12.1. The summed E-state index contributed by atoms with van der Waals surface area (Å²) in [5, 5.41) is 5.10. The lowest BCUT2D eigenvalue weighted by Crippen LogP contribution is -2.26. The second-order valence-electron chi connectivity index (χ2n) is 4.78. The topological polar surface area (TPSA) is 59.8 Å². The molecule has 5 nitrogen and oxygen atoms in total. The van der Waals surface area contributed by atoms with E-state index in [9.17, 15) is 4.79 Å². The normalized spacial score (nSPS) is 10.9. The highest BCUT2D eigenvalue weighted by Crippen LogP contribution is 2.02.